The lowest BCUT2D eigenvalue weighted by Gasteiger charge is -2.22. The van der Waals surface area contributed by atoms with Crippen LogP contribution in [0.1, 0.15) is 24.0 Å². The van der Waals surface area contributed by atoms with Crippen LogP contribution in [0.2, 0.25) is 0 Å². The maximum absolute atomic E-state index is 11.4. The molecular weight excluding hydrogens is 302 g/mol. The lowest BCUT2D eigenvalue weighted by Crippen LogP contribution is -2.35. The van der Waals surface area contributed by atoms with E-state index in [2.05, 4.69) is 31.2 Å². The number of nitrogens with zero attached hydrogens (tertiary/aromatic N) is 1. The first-order chi connectivity index (χ1) is 11.6. The van der Waals surface area contributed by atoms with Gasteiger partial charge >= 0.3 is 5.97 Å². The third-order valence-electron chi connectivity index (χ3n) is 4.76. The van der Waals surface area contributed by atoms with Crippen molar-refractivity contribution in [1.82, 2.24) is 4.90 Å². The number of hydrogen-bond donors (Lipinski definition) is 1. The van der Waals surface area contributed by atoms with Gasteiger partial charge < -0.3 is 9.84 Å². The molecule has 0 saturated carbocycles. The number of carboxylic acid groups (broad SMARTS) is 1. The van der Waals surface area contributed by atoms with Gasteiger partial charge in [0.15, 0.2) is 0 Å². The minimum Gasteiger partial charge on any atom is -0.496 e. The second-order valence-corrected chi connectivity index (χ2v) is 6.31. The summed E-state index contributed by atoms with van der Waals surface area (Å²) in [6.07, 6.45) is 1.64. The maximum Gasteiger partial charge on any atom is 0.320 e. The van der Waals surface area contributed by atoms with Crippen molar-refractivity contribution in [2.45, 2.75) is 32.4 Å². The Morgan fingerprint density at radius 2 is 2.08 bits per heavy atom. The van der Waals surface area contributed by atoms with Crippen LogP contribution < -0.4 is 4.74 Å². The largest absolute Gasteiger partial charge is 0.496 e. The summed E-state index contributed by atoms with van der Waals surface area (Å²) in [6.45, 7) is 3.51. The predicted molar refractivity (Wildman–Crippen MR) is 94.2 cm³/mol. The van der Waals surface area contributed by atoms with E-state index in [4.69, 9.17) is 4.74 Å². The van der Waals surface area contributed by atoms with E-state index < -0.39 is 12.0 Å². The molecule has 0 amide bonds. The molecule has 1 heterocycles. The molecule has 1 aliphatic heterocycles. The van der Waals surface area contributed by atoms with Crippen LogP contribution >= 0.6 is 0 Å². The van der Waals surface area contributed by atoms with E-state index in [-0.39, 0.29) is 0 Å². The Kier molecular flexibility index (Phi) is 4.86. The molecule has 2 aromatic carbocycles. The molecule has 0 spiro atoms. The third kappa shape index (κ3) is 3.29. The smallest absolute Gasteiger partial charge is 0.320 e. The quantitative estimate of drug-likeness (QED) is 0.910. The highest BCUT2D eigenvalue weighted by Gasteiger charge is 2.30. The van der Waals surface area contributed by atoms with Gasteiger partial charge in [-0.2, -0.15) is 0 Å². The minimum atomic E-state index is -0.735. The zero-order chi connectivity index (χ0) is 17.1. The molecular formula is C20H23NO3. The molecule has 1 aliphatic rings. The molecule has 1 N–H and O–H groups in total. The van der Waals surface area contributed by atoms with Crippen LogP contribution in [0.15, 0.2) is 42.5 Å². The van der Waals surface area contributed by atoms with Crippen molar-refractivity contribution >= 4 is 5.97 Å². The van der Waals surface area contributed by atoms with Gasteiger partial charge in [-0.05, 0) is 55.1 Å². The molecule has 1 saturated heterocycles. The Labute approximate surface area is 142 Å². The average Bonchev–Trinajstić information content (AvgIpc) is 3.04. The fourth-order valence-electron chi connectivity index (χ4n) is 3.48. The van der Waals surface area contributed by atoms with Crippen LogP contribution in [0.4, 0.5) is 0 Å². The Hall–Kier alpha value is -2.33. The fourth-order valence-corrected chi connectivity index (χ4v) is 3.48. The summed E-state index contributed by atoms with van der Waals surface area (Å²) >= 11 is 0. The van der Waals surface area contributed by atoms with Gasteiger partial charge in [-0.1, -0.05) is 30.3 Å². The van der Waals surface area contributed by atoms with Crippen LogP contribution in [0.5, 0.6) is 5.75 Å². The van der Waals surface area contributed by atoms with Crippen molar-refractivity contribution in [3.8, 4) is 16.9 Å². The molecule has 1 atom stereocenters. The van der Waals surface area contributed by atoms with Crippen LogP contribution in [-0.2, 0) is 11.3 Å². The molecule has 126 valence electrons. The first-order valence-corrected chi connectivity index (χ1v) is 8.30. The average molecular weight is 325 g/mol. The highest BCUT2D eigenvalue weighted by molar-refractivity contribution is 5.74. The van der Waals surface area contributed by atoms with Gasteiger partial charge in [-0.25, -0.2) is 0 Å². The van der Waals surface area contributed by atoms with Crippen molar-refractivity contribution in [3.63, 3.8) is 0 Å². The van der Waals surface area contributed by atoms with Gasteiger partial charge in [0.2, 0.25) is 0 Å². The van der Waals surface area contributed by atoms with Crippen LogP contribution in [0.25, 0.3) is 11.1 Å². The zero-order valence-electron chi connectivity index (χ0n) is 14.2. The summed E-state index contributed by atoms with van der Waals surface area (Å²) in [4.78, 5) is 13.4. The number of rotatable bonds is 5. The summed E-state index contributed by atoms with van der Waals surface area (Å²) in [6, 6.07) is 14.0. The van der Waals surface area contributed by atoms with Gasteiger partial charge in [-0.3, -0.25) is 9.69 Å². The Bertz CT molecular complexity index is 741. The van der Waals surface area contributed by atoms with E-state index in [9.17, 15) is 9.90 Å². The highest BCUT2D eigenvalue weighted by Crippen LogP contribution is 2.31. The normalized spacial score (nSPS) is 17.8. The van der Waals surface area contributed by atoms with E-state index in [0.29, 0.717) is 6.54 Å². The number of carbonyl (C=O) groups is 1. The fraction of sp³-hybridized carbons (Fsp3) is 0.350. The second kappa shape index (κ2) is 7.05. The molecule has 1 fully saturated rings. The first-order valence-electron chi connectivity index (χ1n) is 8.30. The molecule has 4 nitrogen and oxygen atoms in total. The Balaban J connectivity index is 1.93. The number of aliphatic carboxylic acids is 1. The van der Waals surface area contributed by atoms with E-state index in [1.54, 1.807) is 7.11 Å². The number of carboxylic acids is 1. The molecule has 0 aromatic heterocycles. The van der Waals surface area contributed by atoms with Gasteiger partial charge in [0.1, 0.15) is 11.8 Å². The summed E-state index contributed by atoms with van der Waals surface area (Å²) in [5.74, 6) is 0.0740. The molecule has 0 bridgehead atoms. The number of benzene rings is 2. The zero-order valence-corrected chi connectivity index (χ0v) is 14.2. The molecule has 0 aliphatic carbocycles. The van der Waals surface area contributed by atoms with Crippen LogP contribution in [0, 0.1) is 6.92 Å². The topological polar surface area (TPSA) is 49.8 Å². The van der Waals surface area contributed by atoms with E-state index in [1.165, 1.54) is 11.1 Å². The van der Waals surface area contributed by atoms with E-state index in [0.717, 1.165) is 36.3 Å². The maximum atomic E-state index is 11.4. The minimum absolute atomic E-state index is 0.392. The Morgan fingerprint density at radius 3 is 2.79 bits per heavy atom. The van der Waals surface area contributed by atoms with Gasteiger partial charge in [0.25, 0.3) is 0 Å². The molecule has 0 radical (unpaired) electrons. The lowest BCUT2D eigenvalue weighted by atomic mass is 9.98. The van der Waals surface area contributed by atoms with Crippen LogP contribution in [0.3, 0.4) is 0 Å². The summed E-state index contributed by atoms with van der Waals surface area (Å²) in [7, 11) is 1.66. The number of hydrogen-bond acceptors (Lipinski definition) is 3. The van der Waals surface area contributed by atoms with Crippen molar-refractivity contribution in [2.75, 3.05) is 13.7 Å². The summed E-state index contributed by atoms with van der Waals surface area (Å²) in [5.41, 5.74) is 4.58. The van der Waals surface area contributed by atoms with E-state index in [1.807, 2.05) is 23.1 Å². The first kappa shape index (κ1) is 16.5. The van der Waals surface area contributed by atoms with Gasteiger partial charge in [0.05, 0.1) is 7.11 Å². The van der Waals surface area contributed by atoms with Crippen LogP contribution in [-0.4, -0.2) is 35.7 Å². The SMILES string of the molecule is COc1ccc(-c2ccccc2C)cc1CN1CCC[C@@H]1C(=O)O. The molecule has 24 heavy (non-hydrogen) atoms. The van der Waals surface area contributed by atoms with E-state index >= 15 is 0 Å². The van der Waals surface area contributed by atoms with Crippen molar-refractivity contribution in [1.29, 1.82) is 0 Å². The van der Waals surface area contributed by atoms with Gasteiger partial charge in [-0.15, -0.1) is 0 Å². The highest BCUT2D eigenvalue weighted by atomic mass is 16.5. The van der Waals surface area contributed by atoms with Crippen molar-refractivity contribution in [2.24, 2.45) is 0 Å². The Morgan fingerprint density at radius 1 is 1.29 bits per heavy atom. The van der Waals surface area contributed by atoms with Gasteiger partial charge in [0, 0.05) is 12.1 Å². The number of aryl methyl sites for hydroxylation is 1. The standard InChI is InChI=1S/C20H23NO3/c1-14-6-3-4-7-17(14)15-9-10-19(24-2)16(12-15)13-21-11-5-8-18(21)20(22)23/h3-4,6-7,9-10,12,18H,5,8,11,13H2,1-2H3,(H,22,23)/t18-/m1/s1. The lowest BCUT2D eigenvalue weighted by molar-refractivity contribution is -0.142. The molecule has 0 unspecified atom stereocenters. The number of likely N-dealkylation sites (tertiary alicyclic amines) is 1. The summed E-state index contributed by atoms with van der Waals surface area (Å²) < 4.78 is 5.50. The molecule has 2 aromatic rings. The predicted octanol–water partition coefficient (Wildman–Crippen LogP) is 3.72. The van der Waals surface area contributed by atoms with Crippen molar-refractivity contribution < 1.29 is 14.6 Å². The summed E-state index contributed by atoms with van der Waals surface area (Å²) in [5, 5.41) is 9.38. The number of ether oxygens (including phenoxy) is 1. The third-order valence-corrected chi connectivity index (χ3v) is 4.76. The van der Waals surface area contributed by atoms with Crippen molar-refractivity contribution in [3.05, 3.63) is 53.6 Å². The molecule has 4 heteroatoms. The number of methoxy groups -OCH3 is 1. The molecule has 3 rings (SSSR count). The second-order valence-electron chi connectivity index (χ2n) is 6.31. The monoisotopic (exact) mass is 325 g/mol.